The van der Waals surface area contributed by atoms with Gasteiger partial charge in [0.05, 0.1) is 0 Å². The number of carboxylic acid groups (broad SMARTS) is 2. The second kappa shape index (κ2) is 9.88. The van der Waals surface area contributed by atoms with Crippen molar-refractivity contribution in [3.05, 3.63) is 0 Å². The Kier molecular flexibility index (Phi) is 9.28. The summed E-state index contributed by atoms with van der Waals surface area (Å²) in [5, 5.41) is 17.1. The minimum atomic E-state index is -0.764. The number of nitrogens with two attached hydrogens (primary N) is 1. The van der Waals surface area contributed by atoms with Crippen molar-refractivity contribution in [2.24, 2.45) is 11.7 Å². The van der Waals surface area contributed by atoms with Crippen molar-refractivity contribution in [3.63, 3.8) is 0 Å². The number of hydrogen-bond acceptors (Lipinski definition) is 3. The first-order chi connectivity index (χ1) is 8.43. The van der Waals surface area contributed by atoms with Crippen LogP contribution in [0.3, 0.4) is 0 Å². The molecule has 0 rings (SSSR count). The van der Waals surface area contributed by atoms with Gasteiger partial charge >= 0.3 is 11.9 Å². The molecule has 0 saturated heterocycles. The van der Waals surface area contributed by atoms with Crippen LogP contribution in [0.2, 0.25) is 0 Å². The molecule has 0 amide bonds. The SMILES string of the molecule is CC(N)C(CCCCCC(=O)O)CCCC(=O)O. The van der Waals surface area contributed by atoms with Crippen LogP contribution in [-0.4, -0.2) is 28.2 Å². The van der Waals surface area contributed by atoms with E-state index in [2.05, 4.69) is 0 Å². The maximum Gasteiger partial charge on any atom is 0.303 e. The molecule has 0 bridgehead atoms. The second-order valence-electron chi connectivity index (χ2n) is 4.90. The molecule has 0 heterocycles. The lowest BCUT2D eigenvalue weighted by atomic mass is 9.90. The molecule has 106 valence electrons. The number of hydrogen-bond donors (Lipinski definition) is 3. The summed E-state index contributed by atoms with van der Waals surface area (Å²) < 4.78 is 0. The lowest BCUT2D eigenvalue weighted by Gasteiger charge is -2.20. The molecule has 0 aromatic heterocycles. The Morgan fingerprint density at radius 2 is 1.44 bits per heavy atom. The molecule has 0 saturated carbocycles. The largest absolute Gasteiger partial charge is 0.481 e. The number of carboxylic acids is 2. The van der Waals surface area contributed by atoms with Crippen LogP contribution < -0.4 is 5.73 Å². The fourth-order valence-corrected chi connectivity index (χ4v) is 2.05. The van der Waals surface area contributed by atoms with Gasteiger partial charge in [-0.15, -0.1) is 0 Å². The number of unbranched alkanes of at least 4 members (excludes halogenated alkanes) is 2. The van der Waals surface area contributed by atoms with Crippen LogP contribution >= 0.6 is 0 Å². The smallest absolute Gasteiger partial charge is 0.303 e. The van der Waals surface area contributed by atoms with Crippen molar-refractivity contribution in [2.45, 2.75) is 64.3 Å². The van der Waals surface area contributed by atoms with Crippen molar-refractivity contribution in [1.82, 2.24) is 0 Å². The van der Waals surface area contributed by atoms with E-state index in [-0.39, 0.29) is 18.9 Å². The molecule has 0 aliphatic heterocycles. The fourth-order valence-electron chi connectivity index (χ4n) is 2.05. The first-order valence-electron chi connectivity index (χ1n) is 6.62. The molecular weight excluding hydrogens is 234 g/mol. The molecule has 0 aromatic carbocycles. The highest BCUT2D eigenvalue weighted by Gasteiger charge is 2.13. The molecule has 18 heavy (non-hydrogen) atoms. The molecule has 5 nitrogen and oxygen atoms in total. The van der Waals surface area contributed by atoms with Gasteiger partial charge in [0, 0.05) is 18.9 Å². The molecule has 0 radical (unpaired) electrons. The van der Waals surface area contributed by atoms with Crippen LogP contribution in [-0.2, 0) is 9.59 Å². The predicted molar refractivity (Wildman–Crippen MR) is 69.3 cm³/mol. The third-order valence-electron chi connectivity index (χ3n) is 3.17. The number of aliphatic carboxylic acids is 2. The zero-order valence-electron chi connectivity index (χ0n) is 11.1. The molecule has 0 fully saturated rings. The van der Waals surface area contributed by atoms with E-state index >= 15 is 0 Å². The summed E-state index contributed by atoms with van der Waals surface area (Å²) in [6.45, 7) is 1.95. The molecule has 4 N–H and O–H groups in total. The van der Waals surface area contributed by atoms with Crippen LogP contribution in [0, 0.1) is 5.92 Å². The molecule has 0 aliphatic rings. The Labute approximate surface area is 108 Å². The standard InChI is InChI=1S/C13H25NO4/c1-10(14)11(7-5-9-13(17)18)6-3-2-4-8-12(15)16/h10-11H,2-9,14H2,1H3,(H,15,16)(H,17,18). The lowest BCUT2D eigenvalue weighted by molar-refractivity contribution is -0.138. The highest BCUT2D eigenvalue weighted by Crippen LogP contribution is 2.19. The highest BCUT2D eigenvalue weighted by molar-refractivity contribution is 5.66. The van der Waals surface area contributed by atoms with Crippen LogP contribution in [0.15, 0.2) is 0 Å². The van der Waals surface area contributed by atoms with Gasteiger partial charge in [0.2, 0.25) is 0 Å². The van der Waals surface area contributed by atoms with Crippen LogP contribution in [0.5, 0.6) is 0 Å². The maximum absolute atomic E-state index is 10.4. The average molecular weight is 259 g/mol. The third-order valence-corrected chi connectivity index (χ3v) is 3.17. The van der Waals surface area contributed by atoms with Gasteiger partial charge in [-0.05, 0) is 38.5 Å². The zero-order valence-corrected chi connectivity index (χ0v) is 11.1. The summed E-state index contributed by atoms with van der Waals surface area (Å²) in [5.41, 5.74) is 5.87. The normalized spacial score (nSPS) is 14.1. The van der Waals surface area contributed by atoms with Gasteiger partial charge in [-0.3, -0.25) is 9.59 Å². The third kappa shape index (κ3) is 10.1. The van der Waals surface area contributed by atoms with E-state index in [1.807, 2.05) is 6.92 Å². The molecule has 0 aromatic rings. The van der Waals surface area contributed by atoms with Gasteiger partial charge < -0.3 is 15.9 Å². The van der Waals surface area contributed by atoms with Gasteiger partial charge in [-0.25, -0.2) is 0 Å². The number of rotatable bonds is 11. The minimum Gasteiger partial charge on any atom is -0.481 e. The molecule has 2 unspecified atom stereocenters. The summed E-state index contributed by atoms with van der Waals surface area (Å²) >= 11 is 0. The first-order valence-corrected chi connectivity index (χ1v) is 6.62. The van der Waals surface area contributed by atoms with Gasteiger partial charge in [0.15, 0.2) is 0 Å². The zero-order chi connectivity index (χ0) is 14.0. The number of carbonyl (C=O) groups is 2. The van der Waals surface area contributed by atoms with Crippen molar-refractivity contribution in [1.29, 1.82) is 0 Å². The van der Waals surface area contributed by atoms with Crippen molar-refractivity contribution in [2.75, 3.05) is 0 Å². The van der Waals surface area contributed by atoms with Crippen LogP contribution in [0.25, 0.3) is 0 Å². The molecule has 0 aliphatic carbocycles. The topological polar surface area (TPSA) is 101 Å². The van der Waals surface area contributed by atoms with E-state index < -0.39 is 11.9 Å². The lowest BCUT2D eigenvalue weighted by Crippen LogP contribution is -2.26. The van der Waals surface area contributed by atoms with Crippen molar-refractivity contribution < 1.29 is 19.8 Å². The Morgan fingerprint density at radius 1 is 0.944 bits per heavy atom. The molecule has 5 heteroatoms. The summed E-state index contributed by atoms with van der Waals surface area (Å²) in [6.07, 6.45) is 5.44. The fraction of sp³-hybridized carbons (Fsp3) is 0.846. The molecule has 0 spiro atoms. The quantitative estimate of drug-likeness (QED) is 0.494. The van der Waals surface area contributed by atoms with Gasteiger partial charge in [-0.2, -0.15) is 0 Å². The van der Waals surface area contributed by atoms with Gasteiger partial charge in [0.1, 0.15) is 0 Å². The maximum atomic E-state index is 10.4. The van der Waals surface area contributed by atoms with Crippen LogP contribution in [0.1, 0.15) is 58.3 Å². The first kappa shape index (κ1) is 16.9. The average Bonchev–Trinajstić information content (AvgIpc) is 2.25. The molecule has 2 atom stereocenters. The molecular formula is C13H25NO4. The Hall–Kier alpha value is -1.10. The Balaban J connectivity index is 3.69. The van der Waals surface area contributed by atoms with E-state index in [0.29, 0.717) is 18.8 Å². The summed E-state index contributed by atoms with van der Waals surface area (Å²) in [5.74, 6) is -1.17. The Bertz CT molecular complexity index is 253. The second-order valence-corrected chi connectivity index (χ2v) is 4.90. The van der Waals surface area contributed by atoms with Crippen molar-refractivity contribution >= 4 is 11.9 Å². The van der Waals surface area contributed by atoms with Gasteiger partial charge in [-0.1, -0.05) is 12.8 Å². The Morgan fingerprint density at radius 3 is 1.94 bits per heavy atom. The van der Waals surface area contributed by atoms with Gasteiger partial charge in [0.25, 0.3) is 0 Å². The van der Waals surface area contributed by atoms with E-state index in [1.54, 1.807) is 0 Å². The highest BCUT2D eigenvalue weighted by atomic mass is 16.4. The van der Waals surface area contributed by atoms with E-state index in [1.165, 1.54) is 0 Å². The minimum absolute atomic E-state index is 0.0678. The predicted octanol–water partition coefficient (Wildman–Crippen LogP) is 2.24. The van der Waals surface area contributed by atoms with E-state index in [0.717, 1.165) is 25.7 Å². The van der Waals surface area contributed by atoms with Crippen LogP contribution in [0.4, 0.5) is 0 Å². The monoisotopic (exact) mass is 259 g/mol. The van der Waals surface area contributed by atoms with E-state index in [4.69, 9.17) is 15.9 Å². The van der Waals surface area contributed by atoms with E-state index in [9.17, 15) is 9.59 Å². The summed E-state index contributed by atoms with van der Waals surface area (Å²) in [4.78, 5) is 20.8. The summed E-state index contributed by atoms with van der Waals surface area (Å²) in [7, 11) is 0. The van der Waals surface area contributed by atoms with Crippen molar-refractivity contribution in [3.8, 4) is 0 Å². The summed E-state index contributed by atoms with van der Waals surface area (Å²) in [6, 6.07) is 0.0678.